The predicted octanol–water partition coefficient (Wildman–Crippen LogP) is 5.47. The van der Waals surface area contributed by atoms with E-state index in [1.165, 1.54) is 11.1 Å². The van der Waals surface area contributed by atoms with Gasteiger partial charge in [0.25, 0.3) is 0 Å². The molecular formula is C14H10BrCl2N. The monoisotopic (exact) mass is 341 g/mol. The molecule has 0 bridgehead atoms. The fourth-order valence-electron chi connectivity index (χ4n) is 2.25. The molecule has 1 atom stereocenters. The van der Waals surface area contributed by atoms with E-state index in [4.69, 9.17) is 23.2 Å². The highest BCUT2D eigenvalue weighted by Gasteiger charge is 2.23. The molecule has 1 nitrogen and oxygen atoms in total. The van der Waals surface area contributed by atoms with Crippen molar-refractivity contribution in [3.05, 3.63) is 62.0 Å². The molecule has 92 valence electrons. The van der Waals surface area contributed by atoms with Crippen LogP contribution in [0.15, 0.2) is 40.9 Å². The Morgan fingerprint density at radius 1 is 1.06 bits per heavy atom. The quantitative estimate of drug-likeness (QED) is 0.725. The minimum Gasteiger partial charge on any atom is -0.378 e. The van der Waals surface area contributed by atoms with Gasteiger partial charge in [-0.15, -0.1) is 0 Å². The third kappa shape index (κ3) is 2.25. The van der Waals surface area contributed by atoms with E-state index in [2.05, 4.69) is 45.5 Å². The molecule has 0 saturated carbocycles. The Hall–Kier alpha value is -0.700. The zero-order chi connectivity index (χ0) is 12.7. The van der Waals surface area contributed by atoms with Gasteiger partial charge in [-0.2, -0.15) is 0 Å². The third-order valence-electron chi connectivity index (χ3n) is 3.17. The Morgan fingerprint density at radius 3 is 2.44 bits per heavy atom. The summed E-state index contributed by atoms with van der Waals surface area (Å²) in [7, 11) is 0. The van der Waals surface area contributed by atoms with E-state index in [1.807, 2.05) is 12.1 Å². The Bertz CT molecular complexity index is 564. The van der Waals surface area contributed by atoms with Crippen LogP contribution in [0.25, 0.3) is 0 Å². The van der Waals surface area contributed by atoms with Gasteiger partial charge in [0.15, 0.2) is 0 Å². The maximum Gasteiger partial charge on any atom is 0.0613 e. The van der Waals surface area contributed by atoms with Crippen LogP contribution >= 0.6 is 39.1 Å². The van der Waals surface area contributed by atoms with Gasteiger partial charge in [0, 0.05) is 10.2 Å². The summed E-state index contributed by atoms with van der Waals surface area (Å²) >= 11 is 15.5. The van der Waals surface area contributed by atoms with E-state index >= 15 is 0 Å². The average Bonchev–Trinajstić information content (AvgIpc) is 2.73. The van der Waals surface area contributed by atoms with Gasteiger partial charge in [0.05, 0.1) is 16.1 Å². The van der Waals surface area contributed by atoms with Crippen molar-refractivity contribution >= 4 is 44.8 Å². The molecule has 0 spiro atoms. The lowest BCUT2D eigenvalue weighted by molar-refractivity contribution is 0.824. The summed E-state index contributed by atoms with van der Waals surface area (Å²) in [4.78, 5) is 0. The molecule has 0 aromatic heterocycles. The first kappa shape index (κ1) is 12.3. The van der Waals surface area contributed by atoms with E-state index in [9.17, 15) is 0 Å². The van der Waals surface area contributed by atoms with Crippen LogP contribution in [0, 0.1) is 0 Å². The average molecular weight is 343 g/mol. The van der Waals surface area contributed by atoms with Crippen LogP contribution < -0.4 is 5.32 Å². The van der Waals surface area contributed by atoms with Crippen molar-refractivity contribution in [2.75, 3.05) is 5.32 Å². The highest BCUT2D eigenvalue weighted by Crippen LogP contribution is 2.38. The second kappa shape index (κ2) is 4.76. The molecule has 1 heterocycles. The van der Waals surface area contributed by atoms with Gasteiger partial charge in [-0.25, -0.2) is 0 Å². The minimum atomic E-state index is 0.294. The summed E-state index contributed by atoms with van der Waals surface area (Å²) in [6.07, 6.45) is 0.938. The fourth-order valence-corrected chi connectivity index (χ4v) is 2.86. The number of hydrogen-bond donors (Lipinski definition) is 1. The molecule has 3 rings (SSSR count). The summed E-state index contributed by atoms with van der Waals surface area (Å²) in [5, 5.41) is 4.70. The van der Waals surface area contributed by atoms with Crippen LogP contribution in [0.5, 0.6) is 0 Å². The maximum atomic E-state index is 6.04. The van der Waals surface area contributed by atoms with Crippen LogP contribution in [0.2, 0.25) is 10.0 Å². The summed E-state index contributed by atoms with van der Waals surface area (Å²) in [6.45, 7) is 0. The minimum absolute atomic E-state index is 0.294. The maximum absolute atomic E-state index is 6.04. The summed E-state index contributed by atoms with van der Waals surface area (Å²) in [5.74, 6) is 0. The van der Waals surface area contributed by atoms with Gasteiger partial charge in [-0.1, -0.05) is 51.3 Å². The molecule has 0 saturated heterocycles. The van der Waals surface area contributed by atoms with Gasteiger partial charge in [-0.3, -0.25) is 0 Å². The van der Waals surface area contributed by atoms with Crippen molar-refractivity contribution < 1.29 is 0 Å². The number of rotatable bonds is 1. The first-order chi connectivity index (χ1) is 8.63. The second-order valence-corrected chi connectivity index (χ2v) is 6.11. The summed E-state index contributed by atoms with van der Waals surface area (Å²) in [6, 6.07) is 12.5. The molecule has 4 heteroatoms. The Morgan fingerprint density at radius 2 is 1.72 bits per heavy atom. The van der Waals surface area contributed by atoms with E-state index in [0.29, 0.717) is 16.1 Å². The lowest BCUT2D eigenvalue weighted by Crippen LogP contribution is -2.05. The van der Waals surface area contributed by atoms with Gasteiger partial charge in [0.2, 0.25) is 0 Å². The van der Waals surface area contributed by atoms with Crippen LogP contribution in [-0.2, 0) is 6.42 Å². The SMILES string of the molecule is Clc1cc2c(cc1Cl)NC(c1ccc(Br)cc1)C2. The molecule has 2 aromatic carbocycles. The largest absolute Gasteiger partial charge is 0.378 e. The van der Waals surface area contributed by atoms with Crippen LogP contribution in [-0.4, -0.2) is 0 Å². The smallest absolute Gasteiger partial charge is 0.0613 e. The number of anilines is 1. The number of nitrogens with one attached hydrogen (secondary N) is 1. The molecule has 1 unspecified atom stereocenters. The normalized spacial score (nSPS) is 17.4. The van der Waals surface area contributed by atoms with Crippen molar-refractivity contribution in [3.8, 4) is 0 Å². The van der Waals surface area contributed by atoms with Crippen molar-refractivity contribution in [3.63, 3.8) is 0 Å². The second-order valence-electron chi connectivity index (χ2n) is 4.38. The van der Waals surface area contributed by atoms with E-state index in [0.717, 1.165) is 16.6 Å². The first-order valence-corrected chi connectivity index (χ1v) is 7.18. The first-order valence-electron chi connectivity index (χ1n) is 5.63. The molecule has 0 amide bonds. The lowest BCUT2D eigenvalue weighted by Gasteiger charge is -2.11. The van der Waals surface area contributed by atoms with Crippen molar-refractivity contribution in [1.29, 1.82) is 0 Å². The number of hydrogen-bond acceptors (Lipinski definition) is 1. The van der Waals surface area contributed by atoms with Crippen molar-refractivity contribution in [1.82, 2.24) is 0 Å². The molecule has 1 aliphatic rings. The Kier molecular flexibility index (Phi) is 3.27. The van der Waals surface area contributed by atoms with E-state index < -0.39 is 0 Å². The molecule has 0 fully saturated rings. The number of fused-ring (bicyclic) bond motifs is 1. The van der Waals surface area contributed by atoms with Crippen LogP contribution in [0.4, 0.5) is 5.69 Å². The molecule has 0 aliphatic carbocycles. The lowest BCUT2D eigenvalue weighted by atomic mass is 10.0. The molecule has 18 heavy (non-hydrogen) atoms. The topological polar surface area (TPSA) is 12.0 Å². The number of halogens is 3. The fraction of sp³-hybridized carbons (Fsp3) is 0.143. The third-order valence-corrected chi connectivity index (χ3v) is 4.42. The Labute approximate surface area is 124 Å². The summed E-state index contributed by atoms with van der Waals surface area (Å²) in [5.41, 5.74) is 3.57. The Balaban J connectivity index is 1.91. The molecular weight excluding hydrogens is 333 g/mol. The van der Waals surface area contributed by atoms with Crippen LogP contribution in [0.1, 0.15) is 17.2 Å². The van der Waals surface area contributed by atoms with Gasteiger partial charge < -0.3 is 5.32 Å². The molecule has 1 N–H and O–H groups in total. The number of benzene rings is 2. The molecule has 0 radical (unpaired) electrons. The zero-order valence-corrected chi connectivity index (χ0v) is 12.5. The van der Waals surface area contributed by atoms with E-state index in [-0.39, 0.29) is 0 Å². The predicted molar refractivity (Wildman–Crippen MR) is 80.7 cm³/mol. The van der Waals surface area contributed by atoms with Gasteiger partial charge in [0.1, 0.15) is 0 Å². The van der Waals surface area contributed by atoms with Gasteiger partial charge in [-0.05, 0) is 41.8 Å². The standard InChI is InChI=1S/C14H10BrCl2N/c15-10-3-1-8(2-4-10)13-6-9-5-11(16)12(17)7-14(9)18-13/h1-5,7,13,18H,6H2. The van der Waals surface area contributed by atoms with Crippen LogP contribution in [0.3, 0.4) is 0 Å². The van der Waals surface area contributed by atoms with Crippen molar-refractivity contribution in [2.24, 2.45) is 0 Å². The highest BCUT2D eigenvalue weighted by atomic mass is 79.9. The van der Waals surface area contributed by atoms with Crippen molar-refractivity contribution in [2.45, 2.75) is 12.5 Å². The summed E-state index contributed by atoms with van der Waals surface area (Å²) < 4.78 is 1.09. The molecule has 1 aliphatic heterocycles. The molecule has 2 aromatic rings. The van der Waals surface area contributed by atoms with E-state index in [1.54, 1.807) is 0 Å². The highest BCUT2D eigenvalue weighted by molar-refractivity contribution is 9.10. The van der Waals surface area contributed by atoms with Gasteiger partial charge >= 0.3 is 0 Å². The zero-order valence-electron chi connectivity index (χ0n) is 9.38.